The lowest BCUT2D eigenvalue weighted by Gasteiger charge is -2.37. The molecule has 0 aromatic heterocycles. The molecule has 1 amide bonds. The van der Waals surface area contributed by atoms with Crippen LogP contribution in [0.25, 0.3) is 0 Å². The van der Waals surface area contributed by atoms with E-state index in [2.05, 4.69) is 5.32 Å². The largest absolute Gasteiger partial charge is 0.487 e. The number of amides is 1. The first kappa shape index (κ1) is 17.0. The number of carbonyl (C=O) groups is 1. The molecule has 0 aliphatic carbocycles. The zero-order valence-electron chi connectivity index (χ0n) is 14.4. The minimum absolute atomic E-state index is 0.0552. The molecular weight excluding hydrogens is 320 g/mol. The van der Waals surface area contributed by atoms with Crippen molar-refractivity contribution in [1.29, 1.82) is 0 Å². The Labute approximate surface area is 146 Å². The molecule has 0 saturated carbocycles. The fourth-order valence-corrected chi connectivity index (χ4v) is 3.12. The van der Waals surface area contributed by atoms with Crippen molar-refractivity contribution in [1.82, 2.24) is 5.32 Å². The van der Waals surface area contributed by atoms with Gasteiger partial charge in [0.1, 0.15) is 11.4 Å². The van der Waals surface area contributed by atoms with Crippen molar-refractivity contribution < 1.29 is 14.5 Å². The number of ether oxygens (including phenoxy) is 1. The predicted molar refractivity (Wildman–Crippen MR) is 93.8 cm³/mol. The Kier molecular flexibility index (Phi) is 4.20. The zero-order chi connectivity index (χ0) is 18.2. The Morgan fingerprint density at radius 1 is 1.28 bits per heavy atom. The minimum atomic E-state index is -0.473. The summed E-state index contributed by atoms with van der Waals surface area (Å²) in [6.45, 7) is 5.59. The van der Waals surface area contributed by atoms with Crippen molar-refractivity contribution in [3.63, 3.8) is 0 Å². The zero-order valence-corrected chi connectivity index (χ0v) is 14.4. The highest BCUT2D eigenvalue weighted by Crippen LogP contribution is 2.39. The Morgan fingerprint density at radius 2 is 2.00 bits per heavy atom. The van der Waals surface area contributed by atoms with Gasteiger partial charge >= 0.3 is 0 Å². The lowest BCUT2D eigenvalue weighted by molar-refractivity contribution is -0.385. The summed E-state index contributed by atoms with van der Waals surface area (Å²) in [4.78, 5) is 23.3. The molecule has 0 saturated heterocycles. The number of carbonyl (C=O) groups excluding carboxylic acids is 1. The smallest absolute Gasteiger partial charge is 0.273 e. The standard InChI is InChI=1S/C19H20N2O4/c1-12-8-9-13(10-16(12)21(23)24)18(22)20-15-11-19(2,3)25-17-7-5-4-6-14(15)17/h4-10,15H,11H2,1-3H3,(H,20,22). The van der Waals surface area contributed by atoms with Gasteiger partial charge in [0.25, 0.3) is 11.6 Å². The van der Waals surface area contributed by atoms with Crippen LogP contribution in [-0.4, -0.2) is 16.4 Å². The van der Waals surface area contributed by atoms with E-state index in [1.54, 1.807) is 19.1 Å². The molecule has 130 valence electrons. The number of aryl methyl sites for hydroxylation is 1. The Morgan fingerprint density at radius 3 is 2.72 bits per heavy atom. The normalized spacial score (nSPS) is 18.0. The van der Waals surface area contributed by atoms with Crippen LogP contribution in [0.1, 0.15) is 47.8 Å². The molecule has 6 nitrogen and oxygen atoms in total. The summed E-state index contributed by atoms with van der Waals surface area (Å²) in [5.41, 5.74) is 1.25. The molecule has 1 N–H and O–H groups in total. The van der Waals surface area contributed by atoms with Gasteiger partial charge in [0, 0.05) is 29.2 Å². The maximum absolute atomic E-state index is 12.6. The SMILES string of the molecule is Cc1ccc(C(=O)NC2CC(C)(C)Oc3ccccc32)cc1[N+](=O)[O-]. The van der Waals surface area contributed by atoms with Crippen LogP contribution < -0.4 is 10.1 Å². The van der Waals surface area contributed by atoms with Crippen molar-refractivity contribution in [2.24, 2.45) is 0 Å². The van der Waals surface area contributed by atoms with E-state index in [1.165, 1.54) is 6.07 Å². The molecule has 2 aromatic carbocycles. The van der Waals surface area contributed by atoms with Crippen molar-refractivity contribution in [2.45, 2.75) is 38.8 Å². The molecule has 2 aromatic rings. The Hall–Kier alpha value is -2.89. The van der Waals surface area contributed by atoms with Crippen LogP contribution in [0.3, 0.4) is 0 Å². The Bertz CT molecular complexity index is 845. The summed E-state index contributed by atoms with van der Waals surface area (Å²) in [6.07, 6.45) is 0.615. The third-order valence-electron chi connectivity index (χ3n) is 4.35. The van der Waals surface area contributed by atoms with Gasteiger partial charge in [-0.2, -0.15) is 0 Å². The summed E-state index contributed by atoms with van der Waals surface area (Å²) in [7, 11) is 0. The number of nitrogens with zero attached hydrogens (tertiary/aromatic N) is 1. The van der Waals surface area contributed by atoms with Gasteiger partial charge in [-0.1, -0.05) is 24.3 Å². The van der Waals surface area contributed by atoms with Gasteiger partial charge in [0.05, 0.1) is 11.0 Å². The number of benzene rings is 2. The molecule has 0 fully saturated rings. The van der Waals surface area contributed by atoms with Crippen LogP contribution in [0.5, 0.6) is 5.75 Å². The number of nitrogens with one attached hydrogen (secondary N) is 1. The van der Waals surface area contributed by atoms with Gasteiger partial charge in [-0.3, -0.25) is 14.9 Å². The molecule has 1 aliphatic heterocycles. The fourth-order valence-electron chi connectivity index (χ4n) is 3.12. The van der Waals surface area contributed by atoms with E-state index in [-0.39, 0.29) is 23.2 Å². The molecule has 0 bridgehead atoms. The first-order valence-electron chi connectivity index (χ1n) is 8.11. The fraction of sp³-hybridized carbons (Fsp3) is 0.316. The average molecular weight is 340 g/mol. The number of hydrogen-bond donors (Lipinski definition) is 1. The van der Waals surface area contributed by atoms with Crippen LogP contribution in [-0.2, 0) is 0 Å². The summed E-state index contributed by atoms with van der Waals surface area (Å²) in [5, 5.41) is 14.1. The number of para-hydroxylation sites is 1. The first-order valence-corrected chi connectivity index (χ1v) is 8.11. The summed E-state index contributed by atoms with van der Waals surface area (Å²) in [6, 6.07) is 11.9. The van der Waals surface area contributed by atoms with E-state index in [4.69, 9.17) is 4.74 Å². The third kappa shape index (κ3) is 3.47. The summed E-state index contributed by atoms with van der Waals surface area (Å²) >= 11 is 0. The van der Waals surface area contributed by atoms with Gasteiger partial charge < -0.3 is 10.1 Å². The van der Waals surface area contributed by atoms with E-state index in [0.29, 0.717) is 12.0 Å². The number of fused-ring (bicyclic) bond motifs is 1. The third-order valence-corrected chi connectivity index (χ3v) is 4.35. The average Bonchev–Trinajstić information content (AvgIpc) is 2.53. The number of nitro benzene ring substituents is 1. The molecule has 1 unspecified atom stereocenters. The summed E-state index contributed by atoms with van der Waals surface area (Å²) < 4.78 is 5.96. The number of rotatable bonds is 3. The second-order valence-corrected chi connectivity index (χ2v) is 6.89. The maximum atomic E-state index is 12.6. The maximum Gasteiger partial charge on any atom is 0.273 e. The lowest BCUT2D eigenvalue weighted by Crippen LogP contribution is -2.41. The lowest BCUT2D eigenvalue weighted by atomic mass is 9.89. The van der Waals surface area contributed by atoms with Crippen molar-refractivity contribution in [2.75, 3.05) is 0 Å². The molecular formula is C19H20N2O4. The molecule has 25 heavy (non-hydrogen) atoms. The van der Waals surface area contributed by atoms with Crippen molar-refractivity contribution in [3.05, 3.63) is 69.3 Å². The molecule has 6 heteroatoms. The molecule has 1 heterocycles. The van der Waals surface area contributed by atoms with Crippen LogP contribution in [0.15, 0.2) is 42.5 Å². The van der Waals surface area contributed by atoms with Gasteiger partial charge in [-0.05, 0) is 32.9 Å². The van der Waals surface area contributed by atoms with Gasteiger partial charge in [-0.15, -0.1) is 0 Å². The summed E-state index contributed by atoms with van der Waals surface area (Å²) in [5.74, 6) is 0.416. The second kappa shape index (κ2) is 6.20. The highest BCUT2D eigenvalue weighted by atomic mass is 16.6. The molecule has 1 aliphatic rings. The van der Waals surface area contributed by atoms with Gasteiger partial charge in [0.15, 0.2) is 0 Å². The van der Waals surface area contributed by atoms with Gasteiger partial charge in [0.2, 0.25) is 0 Å². The Balaban J connectivity index is 1.88. The van der Waals surface area contributed by atoms with Crippen molar-refractivity contribution >= 4 is 11.6 Å². The topological polar surface area (TPSA) is 81.5 Å². The van der Waals surface area contributed by atoms with E-state index in [1.807, 2.05) is 38.1 Å². The van der Waals surface area contributed by atoms with Crippen LogP contribution in [0.2, 0.25) is 0 Å². The van der Waals surface area contributed by atoms with Crippen LogP contribution in [0.4, 0.5) is 5.69 Å². The highest BCUT2D eigenvalue weighted by Gasteiger charge is 2.34. The first-order chi connectivity index (χ1) is 11.8. The second-order valence-electron chi connectivity index (χ2n) is 6.89. The molecule has 3 rings (SSSR count). The molecule has 1 atom stereocenters. The van der Waals surface area contributed by atoms with E-state index < -0.39 is 10.5 Å². The van der Waals surface area contributed by atoms with E-state index >= 15 is 0 Å². The quantitative estimate of drug-likeness (QED) is 0.678. The predicted octanol–water partition coefficient (Wildman–Crippen LogP) is 3.94. The van der Waals surface area contributed by atoms with Gasteiger partial charge in [-0.25, -0.2) is 0 Å². The van der Waals surface area contributed by atoms with E-state index in [9.17, 15) is 14.9 Å². The van der Waals surface area contributed by atoms with Crippen molar-refractivity contribution in [3.8, 4) is 5.75 Å². The minimum Gasteiger partial charge on any atom is -0.487 e. The van der Waals surface area contributed by atoms with Crippen LogP contribution in [0, 0.1) is 17.0 Å². The number of nitro groups is 1. The van der Waals surface area contributed by atoms with E-state index in [0.717, 1.165) is 11.3 Å². The molecule has 0 spiro atoms. The van der Waals surface area contributed by atoms with Crippen LogP contribution >= 0.6 is 0 Å². The number of hydrogen-bond acceptors (Lipinski definition) is 4. The molecule has 0 radical (unpaired) electrons. The monoisotopic (exact) mass is 340 g/mol. The highest BCUT2D eigenvalue weighted by molar-refractivity contribution is 5.95.